The number of aliphatic hydroxyl groups is 1. The lowest BCUT2D eigenvalue weighted by Gasteiger charge is -2.21. The zero-order valence-electron chi connectivity index (χ0n) is 22.4. The first kappa shape index (κ1) is 32.1. The van der Waals surface area contributed by atoms with E-state index in [1.165, 1.54) is 95.5 Å². The number of esters is 1. The van der Waals surface area contributed by atoms with Crippen LogP contribution in [0.1, 0.15) is 136 Å². The van der Waals surface area contributed by atoms with Crippen molar-refractivity contribution in [2.45, 2.75) is 136 Å². The highest BCUT2D eigenvalue weighted by Crippen LogP contribution is 2.11. The molecule has 0 aliphatic heterocycles. The van der Waals surface area contributed by atoms with Gasteiger partial charge in [-0.2, -0.15) is 0 Å². The molecule has 0 fully saturated rings. The SMILES string of the molecule is C=C(C)CCCCCCCN(CCO)CCCCCCCC(=O)OCCCCCCCCC. The van der Waals surface area contributed by atoms with Crippen LogP contribution in [0.3, 0.4) is 0 Å². The van der Waals surface area contributed by atoms with Crippen molar-refractivity contribution < 1.29 is 14.6 Å². The summed E-state index contributed by atoms with van der Waals surface area (Å²) in [5.41, 5.74) is 1.29. The molecule has 1 N–H and O–H groups in total. The van der Waals surface area contributed by atoms with Gasteiger partial charge in [-0.15, -0.1) is 6.58 Å². The number of hydrogen-bond acceptors (Lipinski definition) is 4. The molecule has 33 heavy (non-hydrogen) atoms. The maximum atomic E-state index is 11.8. The third-order valence-corrected chi connectivity index (χ3v) is 6.36. The molecule has 0 aromatic carbocycles. The van der Waals surface area contributed by atoms with E-state index in [4.69, 9.17) is 4.74 Å². The number of rotatable bonds is 26. The first-order chi connectivity index (χ1) is 16.1. The van der Waals surface area contributed by atoms with Crippen LogP contribution in [0.4, 0.5) is 0 Å². The number of allylic oxidation sites excluding steroid dienone is 1. The van der Waals surface area contributed by atoms with Crippen molar-refractivity contribution in [3.05, 3.63) is 12.2 Å². The fourth-order valence-electron chi connectivity index (χ4n) is 4.22. The van der Waals surface area contributed by atoms with E-state index >= 15 is 0 Å². The molecule has 0 aromatic rings. The van der Waals surface area contributed by atoms with E-state index in [-0.39, 0.29) is 12.6 Å². The van der Waals surface area contributed by atoms with Crippen molar-refractivity contribution in [3.63, 3.8) is 0 Å². The minimum absolute atomic E-state index is 0.0188. The highest BCUT2D eigenvalue weighted by atomic mass is 16.5. The predicted molar refractivity (Wildman–Crippen MR) is 143 cm³/mol. The van der Waals surface area contributed by atoms with E-state index in [0.717, 1.165) is 45.3 Å². The van der Waals surface area contributed by atoms with Gasteiger partial charge in [0.05, 0.1) is 13.2 Å². The van der Waals surface area contributed by atoms with Crippen molar-refractivity contribution in [1.29, 1.82) is 0 Å². The van der Waals surface area contributed by atoms with Crippen molar-refractivity contribution in [2.24, 2.45) is 0 Å². The molecule has 0 aliphatic carbocycles. The summed E-state index contributed by atoms with van der Waals surface area (Å²) in [6.07, 6.45) is 22.5. The second kappa shape index (κ2) is 25.7. The molecule has 0 radical (unpaired) electrons. The van der Waals surface area contributed by atoms with Crippen molar-refractivity contribution in [3.8, 4) is 0 Å². The van der Waals surface area contributed by atoms with Crippen LogP contribution in [0, 0.1) is 0 Å². The first-order valence-electron chi connectivity index (χ1n) is 14.2. The molecule has 0 unspecified atom stereocenters. The van der Waals surface area contributed by atoms with Crippen LogP contribution in [-0.2, 0) is 9.53 Å². The summed E-state index contributed by atoms with van der Waals surface area (Å²) in [6.45, 7) is 12.1. The van der Waals surface area contributed by atoms with Gasteiger partial charge in [-0.1, -0.05) is 89.5 Å². The Morgan fingerprint density at radius 3 is 1.73 bits per heavy atom. The second-order valence-electron chi connectivity index (χ2n) is 9.90. The van der Waals surface area contributed by atoms with E-state index < -0.39 is 0 Å². The average Bonchev–Trinajstić information content (AvgIpc) is 2.79. The number of aliphatic hydroxyl groups excluding tert-OH is 1. The molecular formula is C29H57NO3. The van der Waals surface area contributed by atoms with Crippen LogP contribution < -0.4 is 0 Å². The molecule has 0 rings (SSSR count). The number of nitrogens with zero attached hydrogens (tertiary/aromatic N) is 1. The Hall–Kier alpha value is -0.870. The summed E-state index contributed by atoms with van der Waals surface area (Å²) in [7, 11) is 0. The molecule has 0 heterocycles. The van der Waals surface area contributed by atoms with Gasteiger partial charge in [0.2, 0.25) is 0 Å². The maximum Gasteiger partial charge on any atom is 0.305 e. The molecule has 4 heteroatoms. The van der Waals surface area contributed by atoms with Crippen molar-refractivity contribution in [1.82, 2.24) is 4.90 Å². The van der Waals surface area contributed by atoms with Crippen LogP contribution in [0.2, 0.25) is 0 Å². The van der Waals surface area contributed by atoms with Crippen LogP contribution in [0.5, 0.6) is 0 Å². The molecule has 0 atom stereocenters. The molecular weight excluding hydrogens is 410 g/mol. The minimum atomic E-state index is -0.0188. The zero-order valence-corrected chi connectivity index (χ0v) is 22.4. The molecule has 0 saturated heterocycles. The number of ether oxygens (including phenoxy) is 1. The fourth-order valence-corrected chi connectivity index (χ4v) is 4.22. The van der Waals surface area contributed by atoms with E-state index in [2.05, 4.69) is 25.3 Å². The minimum Gasteiger partial charge on any atom is -0.466 e. The smallest absolute Gasteiger partial charge is 0.305 e. The topological polar surface area (TPSA) is 49.8 Å². The van der Waals surface area contributed by atoms with E-state index in [1.807, 2.05) is 0 Å². The summed E-state index contributed by atoms with van der Waals surface area (Å²) in [5, 5.41) is 9.33. The summed E-state index contributed by atoms with van der Waals surface area (Å²) >= 11 is 0. The monoisotopic (exact) mass is 467 g/mol. The van der Waals surface area contributed by atoms with Gasteiger partial charge in [0.15, 0.2) is 0 Å². The summed E-state index contributed by atoms with van der Waals surface area (Å²) in [5.74, 6) is -0.0188. The summed E-state index contributed by atoms with van der Waals surface area (Å²) < 4.78 is 5.36. The van der Waals surface area contributed by atoms with E-state index in [1.54, 1.807) is 0 Å². The quantitative estimate of drug-likeness (QED) is 0.0800. The molecule has 0 bridgehead atoms. The van der Waals surface area contributed by atoms with Gasteiger partial charge < -0.3 is 14.7 Å². The normalized spacial score (nSPS) is 11.3. The summed E-state index contributed by atoms with van der Waals surface area (Å²) in [6, 6.07) is 0. The van der Waals surface area contributed by atoms with E-state index in [9.17, 15) is 9.90 Å². The highest BCUT2D eigenvalue weighted by molar-refractivity contribution is 5.69. The Morgan fingerprint density at radius 2 is 1.18 bits per heavy atom. The molecule has 0 spiro atoms. The van der Waals surface area contributed by atoms with Crippen LogP contribution >= 0.6 is 0 Å². The molecule has 0 aliphatic rings. The Labute approximate surface area is 206 Å². The number of unbranched alkanes of at least 4 members (excludes halogenated alkanes) is 14. The lowest BCUT2D eigenvalue weighted by atomic mass is 10.1. The molecule has 0 saturated carbocycles. The summed E-state index contributed by atoms with van der Waals surface area (Å²) in [4.78, 5) is 14.2. The maximum absolute atomic E-state index is 11.8. The molecule has 4 nitrogen and oxygen atoms in total. The largest absolute Gasteiger partial charge is 0.466 e. The Kier molecular flexibility index (Phi) is 25.1. The standard InChI is InChI=1S/C29H57NO3/c1-4-5-6-7-8-15-20-27-33-29(32)22-17-12-10-14-19-24-30(25-26-31)23-18-13-9-11-16-21-28(2)3/h31H,2,4-27H2,1,3H3. The molecule has 0 amide bonds. The first-order valence-corrected chi connectivity index (χ1v) is 14.2. The third kappa shape index (κ3) is 25.6. The van der Waals surface area contributed by atoms with Gasteiger partial charge in [0.25, 0.3) is 0 Å². The Balaban J connectivity index is 3.50. The zero-order chi connectivity index (χ0) is 24.4. The van der Waals surface area contributed by atoms with Crippen LogP contribution in [0.15, 0.2) is 12.2 Å². The number of carbonyl (C=O) groups is 1. The third-order valence-electron chi connectivity index (χ3n) is 6.36. The van der Waals surface area contributed by atoms with Gasteiger partial charge in [-0.25, -0.2) is 0 Å². The van der Waals surface area contributed by atoms with Crippen molar-refractivity contribution >= 4 is 5.97 Å². The lowest BCUT2D eigenvalue weighted by Crippen LogP contribution is -2.29. The van der Waals surface area contributed by atoms with Gasteiger partial charge in [0.1, 0.15) is 0 Å². The molecule has 196 valence electrons. The molecule has 0 aromatic heterocycles. The van der Waals surface area contributed by atoms with Gasteiger partial charge in [-0.3, -0.25) is 4.79 Å². The number of hydrogen-bond donors (Lipinski definition) is 1. The van der Waals surface area contributed by atoms with Crippen molar-refractivity contribution in [2.75, 3.05) is 32.8 Å². The van der Waals surface area contributed by atoms with E-state index in [0.29, 0.717) is 13.0 Å². The predicted octanol–water partition coefficient (Wildman–Crippen LogP) is 7.83. The van der Waals surface area contributed by atoms with Crippen LogP contribution in [0.25, 0.3) is 0 Å². The average molecular weight is 468 g/mol. The Bertz CT molecular complexity index is 439. The highest BCUT2D eigenvalue weighted by Gasteiger charge is 2.05. The lowest BCUT2D eigenvalue weighted by molar-refractivity contribution is -0.143. The van der Waals surface area contributed by atoms with Gasteiger partial charge in [-0.05, 0) is 58.5 Å². The van der Waals surface area contributed by atoms with Gasteiger partial charge >= 0.3 is 5.97 Å². The fraction of sp³-hybridized carbons (Fsp3) is 0.897. The van der Waals surface area contributed by atoms with Gasteiger partial charge in [0, 0.05) is 13.0 Å². The second-order valence-corrected chi connectivity index (χ2v) is 9.90. The van der Waals surface area contributed by atoms with Crippen LogP contribution in [-0.4, -0.2) is 48.8 Å². The number of carbonyl (C=O) groups excluding carboxylic acids is 1. The Morgan fingerprint density at radius 1 is 0.697 bits per heavy atom.